The fourth-order valence-electron chi connectivity index (χ4n) is 1.88. The van der Waals surface area contributed by atoms with Crippen molar-refractivity contribution in [3.63, 3.8) is 0 Å². The molecular formula is C13H13N5. The second-order valence-electron chi connectivity index (χ2n) is 4.12. The molecule has 1 aromatic carbocycles. The maximum absolute atomic E-state index is 5.79. The number of aromatic nitrogens is 3. The van der Waals surface area contributed by atoms with Crippen LogP contribution in [0.2, 0.25) is 0 Å². The van der Waals surface area contributed by atoms with E-state index in [4.69, 9.17) is 5.73 Å². The molecule has 3 N–H and O–H groups in total. The summed E-state index contributed by atoms with van der Waals surface area (Å²) in [4.78, 5) is 4.43. The minimum Gasteiger partial charge on any atom is -0.382 e. The zero-order valence-electron chi connectivity index (χ0n) is 9.96. The van der Waals surface area contributed by atoms with Crippen molar-refractivity contribution in [2.45, 2.75) is 6.92 Å². The Labute approximate surface area is 104 Å². The normalized spacial score (nSPS) is 10.7. The van der Waals surface area contributed by atoms with Crippen molar-refractivity contribution in [2.75, 3.05) is 11.1 Å². The maximum Gasteiger partial charge on any atom is 0.177 e. The monoisotopic (exact) mass is 239 g/mol. The number of nitrogens with two attached hydrogens (primary N) is 1. The molecule has 90 valence electrons. The number of para-hydroxylation sites is 1. The van der Waals surface area contributed by atoms with Gasteiger partial charge in [0.25, 0.3) is 0 Å². The van der Waals surface area contributed by atoms with Crippen LogP contribution in [0.3, 0.4) is 0 Å². The molecule has 0 radical (unpaired) electrons. The van der Waals surface area contributed by atoms with Gasteiger partial charge in [-0.25, -0.2) is 9.50 Å². The highest BCUT2D eigenvalue weighted by atomic mass is 15.3. The van der Waals surface area contributed by atoms with E-state index in [1.54, 1.807) is 10.6 Å². The van der Waals surface area contributed by atoms with Crippen LogP contribution < -0.4 is 11.1 Å². The lowest BCUT2D eigenvalue weighted by molar-refractivity contribution is 0.945. The summed E-state index contributed by atoms with van der Waals surface area (Å²) in [6, 6.07) is 11.7. The number of imidazole rings is 1. The van der Waals surface area contributed by atoms with Gasteiger partial charge in [-0.15, -0.1) is 5.10 Å². The predicted molar refractivity (Wildman–Crippen MR) is 71.9 cm³/mol. The van der Waals surface area contributed by atoms with Crippen molar-refractivity contribution in [1.29, 1.82) is 0 Å². The number of aryl methyl sites for hydroxylation is 1. The van der Waals surface area contributed by atoms with E-state index in [1.807, 2.05) is 43.5 Å². The standard InChI is InChI=1S/C13H13N5/c1-9-8-18-13(15-9)11(7-12(14)17-18)16-10-5-3-2-4-6-10/h2-8,16H,1H3,(H2,14,17). The largest absolute Gasteiger partial charge is 0.382 e. The van der Waals surface area contributed by atoms with E-state index in [1.165, 1.54) is 0 Å². The van der Waals surface area contributed by atoms with Gasteiger partial charge >= 0.3 is 0 Å². The number of nitrogens with one attached hydrogen (secondary N) is 1. The quantitative estimate of drug-likeness (QED) is 0.720. The second kappa shape index (κ2) is 4.03. The Morgan fingerprint density at radius 2 is 2.00 bits per heavy atom. The molecule has 0 spiro atoms. The van der Waals surface area contributed by atoms with Crippen LogP contribution in [0, 0.1) is 6.92 Å². The zero-order chi connectivity index (χ0) is 12.5. The number of anilines is 3. The molecular weight excluding hydrogens is 226 g/mol. The summed E-state index contributed by atoms with van der Waals surface area (Å²) in [6.45, 7) is 1.93. The number of nitrogens with zero attached hydrogens (tertiary/aromatic N) is 3. The van der Waals surface area contributed by atoms with Gasteiger partial charge in [-0.3, -0.25) is 0 Å². The van der Waals surface area contributed by atoms with Crippen LogP contribution in [0.15, 0.2) is 42.6 Å². The average Bonchev–Trinajstić information content (AvgIpc) is 2.71. The van der Waals surface area contributed by atoms with E-state index in [0.29, 0.717) is 5.82 Å². The third-order valence-electron chi connectivity index (χ3n) is 2.62. The van der Waals surface area contributed by atoms with Crippen LogP contribution in [0.5, 0.6) is 0 Å². The lowest BCUT2D eigenvalue weighted by Crippen LogP contribution is -2.01. The van der Waals surface area contributed by atoms with Gasteiger partial charge in [0.2, 0.25) is 0 Å². The molecule has 0 aliphatic carbocycles. The molecule has 5 nitrogen and oxygen atoms in total. The van der Waals surface area contributed by atoms with E-state index in [2.05, 4.69) is 15.4 Å². The first-order chi connectivity index (χ1) is 8.72. The van der Waals surface area contributed by atoms with Crippen molar-refractivity contribution >= 4 is 22.8 Å². The minimum absolute atomic E-state index is 0.457. The van der Waals surface area contributed by atoms with E-state index in [9.17, 15) is 0 Å². The SMILES string of the molecule is Cc1cn2nc(N)cc(Nc3ccccc3)c2n1. The van der Waals surface area contributed by atoms with Crippen molar-refractivity contribution in [2.24, 2.45) is 0 Å². The second-order valence-corrected chi connectivity index (χ2v) is 4.12. The van der Waals surface area contributed by atoms with Crippen LogP contribution >= 0.6 is 0 Å². The van der Waals surface area contributed by atoms with Gasteiger partial charge in [0.1, 0.15) is 5.82 Å². The Hall–Kier alpha value is -2.56. The number of benzene rings is 1. The number of fused-ring (bicyclic) bond motifs is 1. The number of hydrogen-bond donors (Lipinski definition) is 2. The highest BCUT2D eigenvalue weighted by Gasteiger charge is 2.07. The van der Waals surface area contributed by atoms with Crippen molar-refractivity contribution in [3.8, 4) is 0 Å². The van der Waals surface area contributed by atoms with E-state index in [-0.39, 0.29) is 0 Å². The molecule has 3 rings (SSSR count). The summed E-state index contributed by atoms with van der Waals surface area (Å²) < 4.78 is 1.69. The molecule has 5 heteroatoms. The van der Waals surface area contributed by atoms with Crippen LogP contribution in [0.25, 0.3) is 5.65 Å². The molecule has 2 aromatic heterocycles. The Morgan fingerprint density at radius 1 is 1.22 bits per heavy atom. The third kappa shape index (κ3) is 1.86. The zero-order valence-corrected chi connectivity index (χ0v) is 9.96. The summed E-state index contributed by atoms with van der Waals surface area (Å²) in [5.41, 5.74) is 9.30. The van der Waals surface area contributed by atoms with Crippen LogP contribution in [-0.4, -0.2) is 14.6 Å². The summed E-state index contributed by atoms with van der Waals surface area (Å²) in [7, 11) is 0. The molecule has 0 aliphatic rings. The van der Waals surface area contributed by atoms with Gasteiger partial charge in [-0.2, -0.15) is 0 Å². The highest BCUT2D eigenvalue weighted by Crippen LogP contribution is 2.22. The van der Waals surface area contributed by atoms with Gasteiger partial charge in [0.15, 0.2) is 5.65 Å². The molecule has 0 bridgehead atoms. The first kappa shape index (κ1) is 10.6. The van der Waals surface area contributed by atoms with E-state index in [0.717, 1.165) is 22.7 Å². The molecule has 2 heterocycles. The van der Waals surface area contributed by atoms with Gasteiger partial charge in [-0.1, -0.05) is 18.2 Å². The average molecular weight is 239 g/mol. The minimum atomic E-state index is 0.457. The van der Waals surface area contributed by atoms with Gasteiger partial charge in [-0.05, 0) is 19.1 Å². The smallest absolute Gasteiger partial charge is 0.177 e. The summed E-state index contributed by atoms with van der Waals surface area (Å²) >= 11 is 0. The molecule has 0 atom stereocenters. The summed E-state index contributed by atoms with van der Waals surface area (Å²) in [6.07, 6.45) is 1.85. The van der Waals surface area contributed by atoms with E-state index < -0.39 is 0 Å². The molecule has 0 fully saturated rings. The highest BCUT2D eigenvalue weighted by molar-refractivity contribution is 5.75. The fraction of sp³-hybridized carbons (Fsp3) is 0.0769. The van der Waals surface area contributed by atoms with Crippen LogP contribution in [0.4, 0.5) is 17.2 Å². The summed E-state index contributed by atoms with van der Waals surface area (Å²) in [5, 5.41) is 7.49. The topological polar surface area (TPSA) is 68.2 Å². The van der Waals surface area contributed by atoms with Gasteiger partial charge in [0, 0.05) is 11.8 Å². The predicted octanol–water partition coefficient (Wildman–Crippen LogP) is 2.36. The van der Waals surface area contributed by atoms with Gasteiger partial charge < -0.3 is 11.1 Å². The van der Waals surface area contributed by atoms with E-state index >= 15 is 0 Å². The van der Waals surface area contributed by atoms with Crippen LogP contribution in [-0.2, 0) is 0 Å². The Kier molecular flexibility index (Phi) is 2.37. The molecule has 0 saturated carbocycles. The Balaban J connectivity index is 2.10. The Morgan fingerprint density at radius 3 is 2.78 bits per heavy atom. The molecule has 0 amide bonds. The van der Waals surface area contributed by atoms with Crippen molar-refractivity contribution in [3.05, 3.63) is 48.3 Å². The molecule has 0 unspecified atom stereocenters. The number of nitrogen functional groups attached to an aromatic ring is 1. The van der Waals surface area contributed by atoms with Crippen molar-refractivity contribution in [1.82, 2.24) is 14.6 Å². The number of hydrogen-bond acceptors (Lipinski definition) is 4. The number of rotatable bonds is 2. The summed E-state index contributed by atoms with van der Waals surface area (Å²) in [5.74, 6) is 0.457. The molecule has 0 saturated heterocycles. The maximum atomic E-state index is 5.79. The molecule has 18 heavy (non-hydrogen) atoms. The van der Waals surface area contributed by atoms with Gasteiger partial charge in [0.05, 0.1) is 17.6 Å². The molecule has 0 aliphatic heterocycles. The fourth-order valence-corrected chi connectivity index (χ4v) is 1.88. The van der Waals surface area contributed by atoms with Crippen molar-refractivity contribution < 1.29 is 0 Å². The van der Waals surface area contributed by atoms with Crippen LogP contribution in [0.1, 0.15) is 5.69 Å². The first-order valence-corrected chi connectivity index (χ1v) is 5.67. The lowest BCUT2D eigenvalue weighted by atomic mass is 10.3. The molecule has 3 aromatic rings. The third-order valence-corrected chi connectivity index (χ3v) is 2.62. The Bertz CT molecular complexity index is 687. The lowest BCUT2D eigenvalue weighted by Gasteiger charge is -2.07. The first-order valence-electron chi connectivity index (χ1n) is 5.67.